The van der Waals surface area contributed by atoms with Gasteiger partial charge in [-0.3, -0.25) is 9.59 Å². The fraction of sp³-hybridized carbons (Fsp3) is 0.619. The number of amides is 2. The molecule has 0 radical (unpaired) electrons. The standard InChI is InChI=1S/C21H30N2O3/c1-23(18-11-5-3-2-4-6-12-18)21(25)16-9-7-10-17(15-16)22-20(24)19-13-8-14-26-19/h7,9-10,15,18-19H,2-6,8,11-14H2,1H3,(H,22,24). The van der Waals surface area contributed by atoms with Gasteiger partial charge in [-0.25, -0.2) is 0 Å². The molecule has 2 aliphatic rings. The van der Waals surface area contributed by atoms with Crippen LogP contribution < -0.4 is 5.32 Å². The highest BCUT2D eigenvalue weighted by atomic mass is 16.5. The highest BCUT2D eigenvalue weighted by Gasteiger charge is 2.25. The molecule has 1 aromatic carbocycles. The van der Waals surface area contributed by atoms with Crippen molar-refractivity contribution in [3.05, 3.63) is 29.8 Å². The molecule has 1 unspecified atom stereocenters. The zero-order valence-electron chi connectivity index (χ0n) is 15.7. The van der Waals surface area contributed by atoms with Crippen LogP contribution in [0.4, 0.5) is 5.69 Å². The molecule has 0 spiro atoms. The molecule has 1 heterocycles. The van der Waals surface area contributed by atoms with Crippen LogP contribution in [0.3, 0.4) is 0 Å². The van der Waals surface area contributed by atoms with Gasteiger partial charge in [-0.1, -0.05) is 38.2 Å². The van der Waals surface area contributed by atoms with E-state index in [1.54, 1.807) is 6.07 Å². The monoisotopic (exact) mass is 358 g/mol. The van der Waals surface area contributed by atoms with Gasteiger partial charge in [0.1, 0.15) is 6.10 Å². The number of hydrogen-bond donors (Lipinski definition) is 1. The van der Waals surface area contributed by atoms with Crippen LogP contribution in [0.1, 0.15) is 68.1 Å². The van der Waals surface area contributed by atoms with E-state index in [4.69, 9.17) is 4.74 Å². The second kappa shape index (κ2) is 9.17. The lowest BCUT2D eigenvalue weighted by Crippen LogP contribution is -2.37. The number of rotatable bonds is 4. The molecule has 1 aromatic rings. The minimum Gasteiger partial charge on any atom is -0.368 e. The number of nitrogens with zero attached hydrogens (tertiary/aromatic N) is 1. The van der Waals surface area contributed by atoms with E-state index in [-0.39, 0.29) is 17.9 Å². The second-order valence-electron chi connectivity index (χ2n) is 7.49. The lowest BCUT2D eigenvalue weighted by molar-refractivity contribution is -0.124. The second-order valence-corrected chi connectivity index (χ2v) is 7.49. The quantitative estimate of drug-likeness (QED) is 0.885. The predicted molar refractivity (Wildman–Crippen MR) is 102 cm³/mol. The summed E-state index contributed by atoms with van der Waals surface area (Å²) in [5, 5.41) is 2.88. The first-order valence-electron chi connectivity index (χ1n) is 9.95. The molecular formula is C21H30N2O3. The van der Waals surface area contributed by atoms with Gasteiger partial charge >= 0.3 is 0 Å². The fourth-order valence-corrected chi connectivity index (χ4v) is 3.93. The average Bonchev–Trinajstić information content (AvgIpc) is 3.15. The normalized spacial score (nSPS) is 21.7. The van der Waals surface area contributed by atoms with Crippen LogP contribution in [0.2, 0.25) is 0 Å². The van der Waals surface area contributed by atoms with Gasteiger partial charge in [-0.2, -0.15) is 0 Å². The summed E-state index contributed by atoms with van der Waals surface area (Å²) >= 11 is 0. The van der Waals surface area contributed by atoms with Crippen molar-refractivity contribution in [3.63, 3.8) is 0 Å². The number of nitrogens with one attached hydrogen (secondary N) is 1. The largest absolute Gasteiger partial charge is 0.368 e. The van der Waals surface area contributed by atoms with E-state index < -0.39 is 0 Å². The zero-order valence-corrected chi connectivity index (χ0v) is 15.7. The van der Waals surface area contributed by atoms with Crippen molar-refractivity contribution in [1.82, 2.24) is 4.90 Å². The molecule has 1 atom stereocenters. The van der Waals surface area contributed by atoms with E-state index in [1.165, 1.54) is 32.1 Å². The number of anilines is 1. The summed E-state index contributed by atoms with van der Waals surface area (Å²) in [4.78, 5) is 27.0. The van der Waals surface area contributed by atoms with Gasteiger partial charge in [0, 0.05) is 30.9 Å². The van der Waals surface area contributed by atoms with Crippen LogP contribution in [0, 0.1) is 0 Å². The number of ether oxygens (including phenoxy) is 1. The van der Waals surface area contributed by atoms with Crippen LogP contribution in [0.5, 0.6) is 0 Å². The van der Waals surface area contributed by atoms with Gasteiger partial charge in [-0.05, 0) is 43.9 Å². The van der Waals surface area contributed by atoms with Crippen LogP contribution in [0.25, 0.3) is 0 Å². The maximum atomic E-state index is 12.9. The Hall–Kier alpha value is -1.88. The molecule has 0 aromatic heterocycles. The average molecular weight is 358 g/mol. The van der Waals surface area contributed by atoms with Crippen molar-refractivity contribution >= 4 is 17.5 Å². The van der Waals surface area contributed by atoms with Gasteiger partial charge in [0.25, 0.3) is 11.8 Å². The Labute approximate surface area is 156 Å². The summed E-state index contributed by atoms with van der Waals surface area (Å²) in [6.07, 6.45) is 9.71. The van der Waals surface area contributed by atoms with E-state index in [9.17, 15) is 9.59 Å². The summed E-state index contributed by atoms with van der Waals surface area (Å²) in [6, 6.07) is 7.55. The van der Waals surface area contributed by atoms with Crippen molar-refractivity contribution in [2.75, 3.05) is 19.0 Å². The maximum Gasteiger partial charge on any atom is 0.253 e. The van der Waals surface area contributed by atoms with E-state index in [2.05, 4.69) is 5.32 Å². The van der Waals surface area contributed by atoms with Gasteiger partial charge in [-0.15, -0.1) is 0 Å². The van der Waals surface area contributed by atoms with Gasteiger partial charge < -0.3 is 15.0 Å². The van der Waals surface area contributed by atoms with Gasteiger partial charge in [0.2, 0.25) is 0 Å². The molecule has 1 aliphatic carbocycles. The Kier molecular flexibility index (Phi) is 6.67. The summed E-state index contributed by atoms with van der Waals surface area (Å²) < 4.78 is 5.42. The van der Waals surface area contributed by atoms with Crippen molar-refractivity contribution in [2.45, 2.75) is 69.9 Å². The molecule has 26 heavy (non-hydrogen) atoms. The Bertz CT molecular complexity index is 617. The van der Waals surface area contributed by atoms with Crippen LogP contribution in [-0.2, 0) is 9.53 Å². The van der Waals surface area contributed by atoms with Crippen LogP contribution >= 0.6 is 0 Å². The van der Waals surface area contributed by atoms with Crippen LogP contribution in [0.15, 0.2) is 24.3 Å². The maximum absolute atomic E-state index is 12.9. The summed E-state index contributed by atoms with van der Waals surface area (Å²) in [6.45, 7) is 0.642. The van der Waals surface area contributed by atoms with Crippen molar-refractivity contribution in [2.24, 2.45) is 0 Å². The number of carbonyl (C=O) groups excluding carboxylic acids is 2. The van der Waals surface area contributed by atoms with Gasteiger partial charge in [0.15, 0.2) is 0 Å². The van der Waals surface area contributed by atoms with E-state index >= 15 is 0 Å². The summed E-state index contributed by atoms with van der Waals surface area (Å²) in [5.74, 6) is -0.0933. The Morgan fingerprint density at radius 3 is 2.46 bits per heavy atom. The smallest absolute Gasteiger partial charge is 0.253 e. The first-order chi connectivity index (χ1) is 12.6. The summed E-state index contributed by atoms with van der Waals surface area (Å²) in [5.41, 5.74) is 1.28. The molecule has 1 N–H and O–H groups in total. The van der Waals surface area contributed by atoms with Crippen molar-refractivity contribution in [1.29, 1.82) is 0 Å². The third-order valence-electron chi connectivity index (χ3n) is 5.54. The van der Waals surface area contributed by atoms with E-state index in [1.807, 2.05) is 30.1 Å². The molecule has 5 heteroatoms. The number of benzene rings is 1. The highest BCUT2D eigenvalue weighted by Crippen LogP contribution is 2.23. The first-order valence-corrected chi connectivity index (χ1v) is 9.95. The predicted octanol–water partition coefficient (Wildman–Crippen LogP) is 3.99. The molecular weight excluding hydrogens is 328 g/mol. The number of carbonyl (C=O) groups is 2. The molecule has 1 saturated carbocycles. The molecule has 1 aliphatic heterocycles. The fourth-order valence-electron chi connectivity index (χ4n) is 3.93. The van der Waals surface area contributed by atoms with E-state index in [0.717, 1.165) is 25.7 Å². The first kappa shape index (κ1) is 18.9. The minimum absolute atomic E-state index is 0.0313. The lowest BCUT2D eigenvalue weighted by Gasteiger charge is -2.30. The van der Waals surface area contributed by atoms with Crippen LogP contribution in [-0.4, -0.2) is 42.5 Å². The Morgan fingerprint density at radius 1 is 1.04 bits per heavy atom. The molecule has 5 nitrogen and oxygen atoms in total. The van der Waals surface area contributed by atoms with Crippen molar-refractivity contribution in [3.8, 4) is 0 Å². The van der Waals surface area contributed by atoms with E-state index in [0.29, 0.717) is 23.9 Å². The third kappa shape index (κ3) is 4.85. The molecule has 3 rings (SSSR count). The SMILES string of the molecule is CN(C(=O)c1cccc(NC(=O)C2CCCO2)c1)C1CCCCCCC1. The molecule has 0 bridgehead atoms. The minimum atomic E-state index is -0.369. The Morgan fingerprint density at radius 2 is 1.77 bits per heavy atom. The van der Waals surface area contributed by atoms with Gasteiger partial charge in [0.05, 0.1) is 0 Å². The molecule has 142 valence electrons. The number of hydrogen-bond acceptors (Lipinski definition) is 3. The molecule has 2 amide bonds. The Balaban J connectivity index is 1.64. The third-order valence-corrected chi connectivity index (χ3v) is 5.54. The summed E-state index contributed by atoms with van der Waals surface area (Å²) in [7, 11) is 1.91. The van der Waals surface area contributed by atoms with Crippen molar-refractivity contribution < 1.29 is 14.3 Å². The molecule has 2 fully saturated rings. The zero-order chi connectivity index (χ0) is 18.4. The molecule has 1 saturated heterocycles. The lowest BCUT2D eigenvalue weighted by atomic mass is 9.95. The highest BCUT2D eigenvalue weighted by molar-refractivity contribution is 5.98. The topological polar surface area (TPSA) is 58.6 Å².